The van der Waals surface area contributed by atoms with Crippen molar-refractivity contribution in [2.24, 2.45) is 11.7 Å². The number of para-hydroxylation sites is 1. The van der Waals surface area contributed by atoms with Crippen LogP contribution in [-0.2, 0) is 11.4 Å². The maximum absolute atomic E-state index is 11.2. The van der Waals surface area contributed by atoms with Crippen molar-refractivity contribution in [2.45, 2.75) is 26.5 Å². The normalized spacial score (nSPS) is 11.2. The Morgan fingerprint density at radius 3 is 2.12 bits per heavy atom. The van der Waals surface area contributed by atoms with Gasteiger partial charge in [-0.3, -0.25) is 9.59 Å². The van der Waals surface area contributed by atoms with Gasteiger partial charge in [0.05, 0.1) is 0 Å². The maximum atomic E-state index is 11.2. The summed E-state index contributed by atoms with van der Waals surface area (Å²) in [7, 11) is 0. The molecule has 0 spiro atoms. The van der Waals surface area contributed by atoms with E-state index in [2.05, 4.69) is 0 Å². The second-order valence-corrected chi connectivity index (χ2v) is 5.98. The highest BCUT2D eigenvalue weighted by molar-refractivity contribution is 6.67. The van der Waals surface area contributed by atoms with E-state index in [0.29, 0.717) is 12.2 Å². The van der Waals surface area contributed by atoms with Gasteiger partial charge in [0, 0.05) is 11.1 Å². The largest absolute Gasteiger partial charge is 0.489 e. The smallest absolute Gasteiger partial charge is 0.320 e. The van der Waals surface area contributed by atoms with E-state index in [-0.39, 0.29) is 5.92 Å². The molecule has 6 heteroatoms. The monoisotopic (exact) mass is 363 g/mol. The van der Waals surface area contributed by atoms with Gasteiger partial charge in [-0.2, -0.15) is 0 Å². The molecule has 3 N–H and O–H groups in total. The van der Waals surface area contributed by atoms with Crippen LogP contribution in [0.25, 0.3) is 0 Å². The van der Waals surface area contributed by atoms with Gasteiger partial charge in [0.25, 0.3) is 5.24 Å². The highest BCUT2D eigenvalue weighted by Crippen LogP contribution is 2.15. The first-order valence-corrected chi connectivity index (χ1v) is 8.14. The third-order valence-electron chi connectivity index (χ3n) is 3.37. The van der Waals surface area contributed by atoms with Crippen molar-refractivity contribution in [2.75, 3.05) is 0 Å². The standard InChI is InChI=1S/C14H11ClO2.C5H11NO2/c15-14(16)13-9-5-4-6-11(13)10-17-12-7-2-1-3-8-12;1-3(2)4(6)5(7)8/h1-9H,10H2;3-4H,6H2,1-2H3,(H,7,8)/t;4-/m.0/s1. The minimum Gasteiger partial charge on any atom is -0.489 e. The van der Waals surface area contributed by atoms with Crippen molar-refractivity contribution in [1.82, 2.24) is 0 Å². The van der Waals surface area contributed by atoms with Crippen LogP contribution in [0.5, 0.6) is 5.75 Å². The molecule has 0 amide bonds. The topological polar surface area (TPSA) is 89.6 Å². The second-order valence-electron chi connectivity index (χ2n) is 5.64. The van der Waals surface area contributed by atoms with Crippen LogP contribution in [0.1, 0.15) is 29.8 Å². The van der Waals surface area contributed by atoms with E-state index in [1.165, 1.54) is 0 Å². The molecule has 0 fully saturated rings. The van der Waals surface area contributed by atoms with E-state index in [4.69, 9.17) is 27.2 Å². The lowest BCUT2D eigenvalue weighted by Gasteiger charge is -2.08. The molecule has 134 valence electrons. The van der Waals surface area contributed by atoms with Gasteiger partial charge in [0.15, 0.2) is 0 Å². The Kier molecular flexibility index (Phi) is 8.67. The van der Waals surface area contributed by atoms with Crippen LogP contribution in [0.15, 0.2) is 54.6 Å². The number of carbonyl (C=O) groups is 2. The molecular formula is C19H22ClNO4. The molecule has 2 aromatic carbocycles. The number of halogens is 1. The molecule has 0 aliphatic rings. The lowest BCUT2D eigenvalue weighted by atomic mass is 10.1. The summed E-state index contributed by atoms with van der Waals surface area (Å²) in [5.41, 5.74) is 6.44. The van der Waals surface area contributed by atoms with E-state index >= 15 is 0 Å². The van der Waals surface area contributed by atoms with Crippen molar-refractivity contribution in [3.8, 4) is 5.75 Å². The minimum atomic E-state index is -0.931. The Morgan fingerprint density at radius 2 is 1.64 bits per heavy atom. The first-order valence-electron chi connectivity index (χ1n) is 7.77. The van der Waals surface area contributed by atoms with Gasteiger partial charge in [0.1, 0.15) is 18.4 Å². The van der Waals surface area contributed by atoms with Gasteiger partial charge in [-0.15, -0.1) is 0 Å². The number of carbonyl (C=O) groups excluding carboxylic acids is 1. The van der Waals surface area contributed by atoms with Gasteiger partial charge in [-0.25, -0.2) is 0 Å². The SMILES string of the molecule is CC(C)[C@H](N)C(=O)O.O=C(Cl)c1ccccc1COc1ccccc1. The summed E-state index contributed by atoms with van der Waals surface area (Å²) in [6.45, 7) is 3.89. The van der Waals surface area contributed by atoms with Gasteiger partial charge >= 0.3 is 5.97 Å². The Balaban J connectivity index is 0.000000333. The summed E-state index contributed by atoms with van der Waals surface area (Å²) in [4.78, 5) is 21.2. The number of benzene rings is 2. The third-order valence-corrected chi connectivity index (χ3v) is 3.57. The lowest BCUT2D eigenvalue weighted by molar-refractivity contribution is -0.139. The van der Waals surface area contributed by atoms with E-state index < -0.39 is 17.3 Å². The second kappa shape index (κ2) is 10.5. The van der Waals surface area contributed by atoms with E-state index in [1.54, 1.807) is 26.0 Å². The predicted molar refractivity (Wildman–Crippen MR) is 97.8 cm³/mol. The van der Waals surface area contributed by atoms with Crippen LogP contribution in [-0.4, -0.2) is 22.4 Å². The number of ether oxygens (including phenoxy) is 1. The highest BCUT2D eigenvalue weighted by Gasteiger charge is 2.14. The fraction of sp³-hybridized carbons (Fsp3) is 0.263. The molecule has 2 rings (SSSR count). The first-order chi connectivity index (χ1) is 11.8. The molecule has 2 aromatic rings. The molecule has 0 saturated carbocycles. The average molecular weight is 364 g/mol. The number of hydrogen-bond acceptors (Lipinski definition) is 4. The molecule has 0 aliphatic carbocycles. The molecule has 0 aromatic heterocycles. The summed E-state index contributed by atoms with van der Waals surface area (Å²) < 4.78 is 5.57. The molecule has 0 saturated heterocycles. The molecular weight excluding hydrogens is 342 g/mol. The number of nitrogens with two attached hydrogens (primary N) is 1. The zero-order valence-electron chi connectivity index (χ0n) is 14.2. The summed E-state index contributed by atoms with van der Waals surface area (Å²) in [6, 6.07) is 15.9. The van der Waals surface area contributed by atoms with Gasteiger partial charge in [0.2, 0.25) is 0 Å². The average Bonchev–Trinajstić information content (AvgIpc) is 2.60. The Bertz CT molecular complexity index is 689. The Morgan fingerprint density at radius 1 is 1.08 bits per heavy atom. The highest BCUT2D eigenvalue weighted by atomic mass is 35.5. The molecule has 0 heterocycles. The third kappa shape index (κ3) is 7.37. The summed E-state index contributed by atoms with van der Waals surface area (Å²) in [5.74, 6) is -0.142. The van der Waals surface area contributed by atoms with Gasteiger partial charge < -0.3 is 15.6 Å². The molecule has 0 unspecified atom stereocenters. The maximum Gasteiger partial charge on any atom is 0.320 e. The number of rotatable bonds is 6. The van der Waals surface area contributed by atoms with Crippen molar-refractivity contribution < 1.29 is 19.4 Å². The Labute approximate surface area is 152 Å². The fourth-order valence-corrected chi connectivity index (χ4v) is 1.99. The van der Waals surface area contributed by atoms with Crippen LogP contribution >= 0.6 is 11.6 Å². The van der Waals surface area contributed by atoms with Crippen molar-refractivity contribution in [3.05, 3.63) is 65.7 Å². The van der Waals surface area contributed by atoms with E-state index in [9.17, 15) is 9.59 Å². The van der Waals surface area contributed by atoms with E-state index in [0.717, 1.165) is 11.3 Å². The van der Waals surface area contributed by atoms with Crippen LogP contribution in [0, 0.1) is 5.92 Å². The van der Waals surface area contributed by atoms with Crippen LogP contribution < -0.4 is 10.5 Å². The van der Waals surface area contributed by atoms with Crippen molar-refractivity contribution in [3.63, 3.8) is 0 Å². The van der Waals surface area contributed by atoms with Gasteiger partial charge in [-0.1, -0.05) is 50.2 Å². The van der Waals surface area contributed by atoms with Crippen LogP contribution in [0.4, 0.5) is 0 Å². The molecule has 0 radical (unpaired) electrons. The number of carboxylic acid groups (broad SMARTS) is 1. The number of aliphatic carboxylic acids is 1. The van der Waals surface area contributed by atoms with Crippen molar-refractivity contribution in [1.29, 1.82) is 0 Å². The zero-order chi connectivity index (χ0) is 18.8. The molecule has 1 atom stereocenters. The van der Waals surface area contributed by atoms with Crippen LogP contribution in [0.3, 0.4) is 0 Å². The summed E-state index contributed by atoms with van der Waals surface area (Å²) in [5, 5.41) is 7.77. The number of carboxylic acids is 1. The molecule has 5 nitrogen and oxygen atoms in total. The van der Waals surface area contributed by atoms with Crippen molar-refractivity contribution >= 4 is 22.8 Å². The first kappa shape index (κ1) is 20.7. The zero-order valence-corrected chi connectivity index (χ0v) is 14.9. The lowest BCUT2D eigenvalue weighted by Crippen LogP contribution is -2.34. The minimum absolute atomic E-state index is 0.0208. The molecule has 0 aliphatic heterocycles. The predicted octanol–water partition coefficient (Wildman–Crippen LogP) is 3.70. The summed E-state index contributed by atoms with van der Waals surface area (Å²) in [6.07, 6.45) is 0. The van der Waals surface area contributed by atoms with Gasteiger partial charge in [-0.05, 0) is 35.7 Å². The molecule has 0 bridgehead atoms. The molecule has 25 heavy (non-hydrogen) atoms. The number of hydrogen-bond donors (Lipinski definition) is 2. The summed E-state index contributed by atoms with van der Waals surface area (Å²) >= 11 is 5.50. The van der Waals surface area contributed by atoms with E-state index in [1.807, 2.05) is 42.5 Å². The quantitative estimate of drug-likeness (QED) is 0.764. The van der Waals surface area contributed by atoms with Crippen LogP contribution in [0.2, 0.25) is 0 Å². The fourth-order valence-electron chi connectivity index (χ4n) is 1.80. The Hall–Kier alpha value is -2.37.